The molecule has 0 aromatic carbocycles. The van der Waals surface area contributed by atoms with Crippen LogP contribution in [0.5, 0.6) is 0 Å². The van der Waals surface area contributed by atoms with Crippen LogP contribution in [0.3, 0.4) is 0 Å². The van der Waals surface area contributed by atoms with E-state index in [4.69, 9.17) is 4.52 Å². The largest absolute Gasteiger partial charge is 0.339 e. The third-order valence-electron chi connectivity index (χ3n) is 4.92. The molecule has 2 aliphatic heterocycles. The Labute approximate surface area is 145 Å². The van der Waals surface area contributed by atoms with Gasteiger partial charge < -0.3 is 9.42 Å². The van der Waals surface area contributed by atoms with E-state index in [1.54, 1.807) is 11.3 Å². The number of thiophene rings is 1. The molecule has 4 rings (SSSR count). The monoisotopic (exact) mass is 346 g/mol. The van der Waals surface area contributed by atoms with E-state index in [0.29, 0.717) is 18.3 Å². The van der Waals surface area contributed by atoms with Crippen molar-refractivity contribution < 1.29 is 9.32 Å². The zero-order valence-corrected chi connectivity index (χ0v) is 14.7. The summed E-state index contributed by atoms with van der Waals surface area (Å²) >= 11 is 1.80. The van der Waals surface area contributed by atoms with Crippen molar-refractivity contribution in [3.05, 3.63) is 33.6 Å². The number of hydrogen-bond acceptors (Lipinski definition) is 6. The Morgan fingerprint density at radius 2 is 2.38 bits per heavy atom. The Kier molecular flexibility index (Phi) is 4.37. The molecule has 2 aliphatic rings. The smallest absolute Gasteiger partial charge is 0.237 e. The number of hydrogen-bond donors (Lipinski definition) is 0. The van der Waals surface area contributed by atoms with Crippen molar-refractivity contribution >= 4 is 17.2 Å². The highest BCUT2D eigenvalue weighted by Gasteiger charge is 2.28. The Morgan fingerprint density at radius 3 is 3.21 bits per heavy atom. The Balaban J connectivity index is 1.35. The molecule has 0 radical (unpaired) electrons. The first-order valence-electron chi connectivity index (χ1n) is 8.54. The molecule has 0 spiro atoms. The summed E-state index contributed by atoms with van der Waals surface area (Å²) in [6.45, 7) is 5.72. The van der Waals surface area contributed by atoms with Crippen molar-refractivity contribution in [3.63, 3.8) is 0 Å². The second-order valence-corrected chi connectivity index (χ2v) is 7.69. The average molecular weight is 346 g/mol. The lowest BCUT2D eigenvalue weighted by atomic mass is 9.98. The number of amides is 1. The number of aromatic nitrogens is 2. The van der Waals surface area contributed by atoms with E-state index < -0.39 is 0 Å². The van der Waals surface area contributed by atoms with Crippen molar-refractivity contribution in [3.8, 4) is 0 Å². The topological polar surface area (TPSA) is 62.5 Å². The van der Waals surface area contributed by atoms with Crippen molar-refractivity contribution in [2.75, 3.05) is 26.2 Å². The minimum Gasteiger partial charge on any atom is -0.339 e. The summed E-state index contributed by atoms with van der Waals surface area (Å²) in [4.78, 5) is 22.7. The molecule has 1 amide bonds. The minimum atomic E-state index is 0.231. The second kappa shape index (κ2) is 6.64. The van der Waals surface area contributed by atoms with Crippen LogP contribution in [-0.4, -0.2) is 52.0 Å². The van der Waals surface area contributed by atoms with Gasteiger partial charge in [-0.15, -0.1) is 11.3 Å². The van der Waals surface area contributed by atoms with Gasteiger partial charge in [0.15, 0.2) is 5.82 Å². The van der Waals surface area contributed by atoms with Crippen molar-refractivity contribution in [2.45, 2.75) is 38.6 Å². The summed E-state index contributed by atoms with van der Waals surface area (Å²) < 4.78 is 5.32. The standard InChI is InChI=1S/C17H22N4O2S/c1-12-18-17(23-19-12)14-3-2-6-20(9-14)11-16(22)21-7-4-15-13(10-21)5-8-24-15/h5,8,14H,2-4,6-7,9-11H2,1H3/t14-/m0/s1. The average Bonchev–Trinajstić information content (AvgIpc) is 3.23. The summed E-state index contributed by atoms with van der Waals surface area (Å²) in [6.07, 6.45) is 3.10. The van der Waals surface area contributed by atoms with Crippen molar-refractivity contribution in [1.29, 1.82) is 0 Å². The van der Waals surface area contributed by atoms with Gasteiger partial charge in [0.1, 0.15) is 0 Å². The van der Waals surface area contributed by atoms with Crippen molar-refractivity contribution in [1.82, 2.24) is 19.9 Å². The van der Waals surface area contributed by atoms with Crippen LogP contribution in [0.1, 0.15) is 40.9 Å². The lowest BCUT2D eigenvalue weighted by molar-refractivity contribution is -0.133. The number of carbonyl (C=O) groups is 1. The van der Waals surface area contributed by atoms with E-state index in [0.717, 1.165) is 45.4 Å². The number of carbonyl (C=O) groups excluding carboxylic acids is 1. The number of fused-ring (bicyclic) bond motifs is 1. The molecule has 2 aromatic rings. The fourth-order valence-corrected chi connectivity index (χ4v) is 4.52. The molecule has 0 unspecified atom stereocenters. The first kappa shape index (κ1) is 15.8. The molecule has 24 heavy (non-hydrogen) atoms. The van der Waals surface area contributed by atoms with Gasteiger partial charge in [0.25, 0.3) is 0 Å². The highest BCUT2D eigenvalue weighted by Crippen LogP contribution is 2.27. The van der Waals surface area contributed by atoms with E-state index >= 15 is 0 Å². The lowest BCUT2D eigenvalue weighted by Crippen LogP contribution is -2.45. The molecular formula is C17H22N4O2S. The first-order valence-corrected chi connectivity index (χ1v) is 9.42. The van der Waals surface area contributed by atoms with E-state index in [1.165, 1.54) is 10.4 Å². The number of piperidine rings is 1. The predicted molar refractivity (Wildman–Crippen MR) is 90.9 cm³/mol. The van der Waals surface area contributed by atoms with Crippen LogP contribution in [0.25, 0.3) is 0 Å². The lowest BCUT2D eigenvalue weighted by Gasteiger charge is -2.33. The van der Waals surface area contributed by atoms with Gasteiger partial charge in [-0.3, -0.25) is 9.69 Å². The van der Waals surface area contributed by atoms with Crippen LogP contribution < -0.4 is 0 Å². The maximum atomic E-state index is 12.7. The van der Waals surface area contributed by atoms with Gasteiger partial charge in [-0.25, -0.2) is 0 Å². The predicted octanol–water partition coefficient (Wildman–Crippen LogP) is 2.20. The van der Waals surface area contributed by atoms with Crippen LogP contribution in [0.15, 0.2) is 16.0 Å². The summed E-state index contributed by atoms with van der Waals surface area (Å²) in [5.74, 6) is 1.87. The van der Waals surface area contributed by atoms with E-state index in [-0.39, 0.29) is 11.8 Å². The van der Waals surface area contributed by atoms with Gasteiger partial charge in [0, 0.05) is 24.5 Å². The van der Waals surface area contributed by atoms with E-state index in [1.807, 2.05) is 11.8 Å². The first-order chi connectivity index (χ1) is 11.7. The van der Waals surface area contributed by atoms with Gasteiger partial charge in [-0.05, 0) is 49.7 Å². The number of rotatable bonds is 3. The molecule has 0 N–H and O–H groups in total. The molecule has 0 saturated carbocycles. The van der Waals surface area contributed by atoms with Crippen LogP contribution in [0, 0.1) is 6.92 Å². The highest BCUT2D eigenvalue weighted by molar-refractivity contribution is 7.10. The quantitative estimate of drug-likeness (QED) is 0.853. The van der Waals surface area contributed by atoms with E-state index in [9.17, 15) is 4.79 Å². The van der Waals surface area contributed by atoms with Gasteiger partial charge in [0.05, 0.1) is 12.5 Å². The Bertz CT molecular complexity index is 726. The number of nitrogens with zero attached hydrogens (tertiary/aromatic N) is 4. The zero-order chi connectivity index (χ0) is 16.5. The minimum absolute atomic E-state index is 0.231. The molecule has 2 aromatic heterocycles. The normalized spacial score (nSPS) is 21.7. The van der Waals surface area contributed by atoms with Gasteiger partial charge in [0.2, 0.25) is 11.8 Å². The van der Waals surface area contributed by atoms with Crippen LogP contribution in [0.4, 0.5) is 0 Å². The van der Waals surface area contributed by atoms with E-state index in [2.05, 4.69) is 26.5 Å². The molecule has 1 saturated heterocycles. The third kappa shape index (κ3) is 3.23. The third-order valence-corrected chi connectivity index (χ3v) is 5.94. The maximum Gasteiger partial charge on any atom is 0.237 e. The van der Waals surface area contributed by atoms with Crippen molar-refractivity contribution in [2.24, 2.45) is 0 Å². The summed E-state index contributed by atoms with van der Waals surface area (Å²) in [5, 5.41) is 6.01. The van der Waals surface area contributed by atoms with Crippen LogP contribution >= 0.6 is 11.3 Å². The Morgan fingerprint density at radius 1 is 1.46 bits per heavy atom. The zero-order valence-electron chi connectivity index (χ0n) is 13.9. The molecule has 128 valence electrons. The van der Waals surface area contributed by atoms with Crippen LogP contribution in [0.2, 0.25) is 0 Å². The molecule has 1 fully saturated rings. The molecule has 7 heteroatoms. The van der Waals surface area contributed by atoms with Gasteiger partial charge in [-0.1, -0.05) is 5.16 Å². The molecule has 0 aliphatic carbocycles. The molecule has 4 heterocycles. The fourth-order valence-electron chi connectivity index (χ4n) is 3.63. The number of likely N-dealkylation sites (tertiary alicyclic amines) is 1. The Hall–Kier alpha value is -1.73. The second-order valence-electron chi connectivity index (χ2n) is 6.69. The fraction of sp³-hybridized carbons (Fsp3) is 0.588. The van der Waals surface area contributed by atoms with Gasteiger partial charge >= 0.3 is 0 Å². The molecule has 1 atom stereocenters. The molecular weight excluding hydrogens is 324 g/mol. The molecule has 6 nitrogen and oxygen atoms in total. The summed E-state index contributed by atoms with van der Waals surface area (Å²) in [5.41, 5.74) is 1.32. The highest BCUT2D eigenvalue weighted by atomic mass is 32.1. The summed E-state index contributed by atoms with van der Waals surface area (Å²) in [7, 11) is 0. The van der Waals surface area contributed by atoms with Crippen LogP contribution in [-0.2, 0) is 17.8 Å². The number of aryl methyl sites for hydroxylation is 1. The maximum absolute atomic E-state index is 12.7. The van der Waals surface area contributed by atoms with Gasteiger partial charge in [-0.2, -0.15) is 4.98 Å². The molecule has 0 bridgehead atoms. The summed E-state index contributed by atoms with van der Waals surface area (Å²) in [6, 6.07) is 2.15. The SMILES string of the molecule is Cc1noc([C@H]2CCCN(CC(=O)N3CCc4sccc4C3)C2)n1.